The van der Waals surface area contributed by atoms with Crippen molar-refractivity contribution in [3.05, 3.63) is 60.9 Å². The summed E-state index contributed by atoms with van der Waals surface area (Å²) < 4.78 is 0.887. The van der Waals surface area contributed by atoms with E-state index in [1.54, 1.807) is 17.4 Å². The van der Waals surface area contributed by atoms with Crippen LogP contribution < -0.4 is 5.56 Å². The molecule has 0 saturated carbocycles. The summed E-state index contributed by atoms with van der Waals surface area (Å²) in [7, 11) is 0. The summed E-state index contributed by atoms with van der Waals surface area (Å²) in [5.74, 6) is 0.328. The van der Waals surface area contributed by atoms with E-state index in [0.29, 0.717) is 16.8 Å². The Balaban J connectivity index is 1.88. The Morgan fingerprint density at radius 2 is 2.12 bits per heavy atom. The average molecular weight is 412 g/mol. The van der Waals surface area contributed by atoms with Gasteiger partial charge in [-0.05, 0) is 49.0 Å². The topological polar surface area (TPSA) is 69.5 Å². The first-order chi connectivity index (χ1) is 12.2. The molecule has 0 unspecified atom stereocenters. The molecule has 25 heavy (non-hydrogen) atoms. The smallest absolute Gasteiger partial charge is 0.260 e. The number of aromatic nitrogens is 2. The standard InChI is InChI=1S/C19H14BrN3OS/c20-14-7-3-1-5-11(14)9-12(10-21)17-22-18(24)16-13-6-2-4-8-15(13)25-19(16)23-17/h1,3,5,7,9H,2,4,6,8H2,(H,22,23,24)/b12-9+. The third-order valence-electron chi connectivity index (χ3n) is 4.41. The number of nitriles is 1. The zero-order valence-electron chi connectivity index (χ0n) is 13.3. The van der Waals surface area contributed by atoms with Crippen LogP contribution in [-0.2, 0) is 12.8 Å². The maximum Gasteiger partial charge on any atom is 0.260 e. The monoisotopic (exact) mass is 411 g/mol. The number of aromatic amines is 1. The Labute approximate surface area is 157 Å². The van der Waals surface area contributed by atoms with Gasteiger partial charge in [0.15, 0.2) is 5.82 Å². The minimum atomic E-state index is -0.146. The van der Waals surface area contributed by atoms with Gasteiger partial charge in [-0.2, -0.15) is 5.26 Å². The van der Waals surface area contributed by atoms with Gasteiger partial charge in [0.2, 0.25) is 0 Å². The third-order valence-corrected chi connectivity index (χ3v) is 6.31. The Kier molecular flexibility index (Phi) is 4.28. The predicted octanol–water partition coefficient (Wildman–Crippen LogP) is 4.69. The van der Waals surface area contributed by atoms with Crippen LogP contribution in [0.4, 0.5) is 0 Å². The van der Waals surface area contributed by atoms with Crippen molar-refractivity contribution < 1.29 is 0 Å². The van der Waals surface area contributed by atoms with Gasteiger partial charge in [-0.15, -0.1) is 11.3 Å². The molecule has 1 N–H and O–H groups in total. The summed E-state index contributed by atoms with van der Waals surface area (Å²) in [6, 6.07) is 9.79. The fourth-order valence-corrected chi connectivity index (χ4v) is 4.85. The van der Waals surface area contributed by atoms with E-state index >= 15 is 0 Å². The highest BCUT2D eigenvalue weighted by Gasteiger charge is 2.20. The molecule has 0 aliphatic heterocycles. The largest absolute Gasteiger partial charge is 0.305 e. The van der Waals surface area contributed by atoms with E-state index < -0.39 is 0 Å². The van der Waals surface area contributed by atoms with Gasteiger partial charge >= 0.3 is 0 Å². The molecule has 0 bridgehead atoms. The average Bonchev–Trinajstić information content (AvgIpc) is 3.00. The lowest BCUT2D eigenvalue weighted by Crippen LogP contribution is -2.12. The Morgan fingerprint density at radius 3 is 2.92 bits per heavy atom. The lowest BCUT2D eigenvalue weighted by Gasteiger charge is -2.09. The number of nitrogens with zero attached hydrogens (tertiary/aromatic N) is 2. The number of rotatable bonds is 2. The molecule has 0 saturated heterocycles. The van der Waals surface area contributed by atoms with E-state index in [2.05, 4.69) is 32.0 Å². The molecule has 0 spiro atoms. The van der Waals surface area contributed by atoms with E-state index in [4.69, 9.17) is 0 Å². The van der Waals surface area contributed by atoms with Gasteiger partial charge in [0.25, 0.3) is 5.56 Å². The van der Waals surface area contributed by atoms with Gasteiger partial charge in [-0.1, -0.05) is 34.1 Å². The van der Waals surface area contributed by atoms with E-state index in [0.717, 1.165) is 46.1 Å². The van der Waals surface area contributed by atoms with Crippen LogP contribution in [0.2, 0.25) is 0 Å². The van der Waals surface area contributed by atoms with Crippen LogP contribution in [0, 0.1) is 11.3 Å². The molecule has 1 aliphatic rings. The van der Waals surface area contributed by atoms with Crippen molar-refractivity contribution in [1.29, 1.82) is 5.26 Å². The number of thiophene rings is 1. The fraction of sp³-hybridized carbons (Fsp3) is 0.211. The minimum Gasteiger partial charge on any atom is -0.305 e. The van der Waals surface area contributed by atoms with Crippen molar-refractivity contribution in [2.75, 3.05) is 0 Å². The molecule has 1 aliphatic carbocycles. The molecule has 0 amide bonds. The van der Waals surface area contributed by atoms with Crippen molar-refractivity contribution in [2.45, 2.75) is 25.7 Å². The number of halogens is 1. The minimum absolute atomic E-state index is 0.146. The van der Waals surface area contributed by atoms with Crippen LogP contribution in [0.25, 0.3) is 21.9 Å². The van der Waals surface area contributed by atoms with Crippen molar-refractivity contribution >= 4 is 49.1 Å². The highest BCUT2D eigenvalue weighted by atomic mass is 79.9. The van der Waals surface area contributed by atoms with Gasteiger partial charge in [-0.3, -0.25) is 4.79 Å². The molecule has 2 heterocycles. The predicted molar refractivity (Wildman–Crippen MR) is 105 cm³/mol. The molecule has 0 radical (unpaired) electrons. The summed E-state index contributed by atoms with van der Waals surface area (Å²) in [4.78, 5) is 22.0. The van der Waals surface area contributed by atoms with E-state index in [1.807, 2.05) is 24.3 Å². The Hall–Kier alpha value is -2.23. The molecule has 1 aromatic carbocycles. The first-order valence-corrected chi connectivity index (χ1v) is 9.69. The van der Waals surface area contributed by atoms with Gasteiger partial charge in [-0.25, -0.2) is 4.98 Å². The zero-order chi connectivity index (χ0) is 17.4. The van der Waals surface area contributed by atoms with E-state index in [-0.39, 0.29) is 5.56 Å². The number of nitrogens with one attached hydrogen (secondary N) is 1. The number of hydrogen-bond donors (Lipinski definition) is 1. The molecule has 124 valence electrons. The number of allylic oxidation sites excluding steroid dienone is 1. The van der Waals surface area contributed by atoms with Crippen LogP contribution in [0.1, 0.15) is 34.7 Å². The highest BCUT2D eigenvalue weighted by Crippen LogP contribution is 2.34. The molecule has 0 atom stereocenters. The maximum absolute atomic E-state index is 12.6. The first-order valence-electron chi connectivity index (χ1n) is 8.08. The first kappa shape index (κ1) is 16.2. The van der Waals surface area contributed by atoms with Gasteiger partial charge in [0, 0.05) is 9.35 Å². The van der Waals surface area contributed by atoms with Gasteiger partial charge in [0.05, 0.1) is 11.0 Å². The summed E-state index contributed by atoms with van der Waals surface area (Å²) in [5.41, 5.74) is 2.22. The van der Waals surface area contributed by atoms with Crippen LogP contribution in [0.15, 0.2) is 33.5 Å². The highest BCUT2D eigenvalue weighted by molar-refractivity contribution is 9.10. The number of benzene rings is 1. The van der Waals surface area contributed by atoms with Crippen LogP contribution >= 0.6 is 27.3 Å². The summed E-state index contributed by atoms with van der Waals surface area (Å²) in [5, 5.41) is 10.3. The second kappa shape index (κ2) is 6.58. The van der Waals surface area contributed by atoms with Crippen LogP contribution in [0.5, 0.6) is 0 Å². The fourth-order valence-electron chi connectivity index (χ4n) is 3.19. The van der Waals surface area contributed by atoms with Gasteiger partial charge in [0.1, 0.15) is 10.9 Å². The second-order valence-electron chi connectivity index (χ2n) is 6.00. The SMILES string of the molecule is N#C/C(=C\c1ccccc1Br)c1nc2sc3c(c2c(=O)[nH]1)CCCC3. The molecule has 6 heteroatoms. The molecule has 3 aromatic rings. The van der Waals surface area contributed by atoms with E-state index in [9.17, 15) is 10.1 Å². The Morgan fingerprint density at radius 1 is 1.32 bits per heavy atom. The zero-order valence-corrected chi connectivity index (χ0v) is 15.7. The van der Waals surface area contributed by atoms with Crippen molar-refractivity contribution in [1.82, 2.24) is 9.97 Å². The van der Waals surface area contributed by atoms with Crippen molar-refractivity contribution in [2.24, 2.45) is 0 Å². The lowest BCUT2D eigenvalue weighted by atomic mass is 9.97. The molecule has 2 aromatic heterocycles. The number of H-pyrrole nitrogens is 1. The molecular weight excluding hydrogens is 398 g/mol. The van der Waals surface area contributed by atoms with Crippen molar-refractivity contribution in [3.8, 4) is 6.07 Å². The summed E-state index contributed by atoms with van der Waals surface area (Å²) >= 11 is 5.06. The second-order valence-corrected chi connectivity index (χ2v) is 7.93. The third kappa shape index (κ3) is 2.94. The van der Waals surface area contributed by atoms with Crippen molar-refractivity contribution in [3.63, 3.8) is 0 Å². The maximum atomic E-state index is 12.6. The number of fused-ring (bicyclic) bond motifs is 3. The molecule has 4 rings (SSSR count). The van der Waals surface area contributed by atoms with Crippen LogP contribution in [0.3, 0.4) is 0 Å². The molecule has 0 fully saturated rings. The van der Waals surface area contributed by atoms with Crippen LogP contribution in [-0.4, -0.2) is 9.97 Å². The molecule has 4 nitrogen and oxygen atoms in total. The number of hydrogen-bond acceptors (Lipinski definition) is 4. The summed E-state index contributed by atoms with van der Waals surface area (Å²) in [6.07, 6.45) is 5.98. The van der Waals surface area contributed by atoms with E-state index in [1.165, 1.54) is 4.88 Å². The lowest BCUT2D eigenvalue weighted by molar-refractivity contribution is 0.700. The van der Waals surface area contributed by atoms with Gasteiger partial charge < -0.3 is 4.98 Å². The normalized spacial score (nSPS) is 14.3. The molecular formula is C19H14BrN3OS. The summed E-state index contributed by atoms with van der Waals surface area (Å²) in [6.45, 7) is 0. The number of aryl methyl sites for hydroxylation is 2. The Bertz CT molecular complexity index is 1100. The quantitative estimate of drug-likeness (QED) is 0.621.